The minimum atomic E-state index is -0.514. The van der Waals surface area contributed by atoms with Crippen LogP contribution in [0.1, 0.15) is 15.3 Å². The molecule has 0 radical (unpaired) electrons. The van der Waals surface area contributed by atoms with E-state index < -0.39 is 9.85 Å². The molecular weight excluding hydrogens is 1510 g/mol. The number of nitro groups is 2. The number of halogens is 3. The van der Waals surface area contributed by atoms with Gasteiger partial charge in [-0.25, -0.2) is 0 Å². The Morgan fingerprint density at radius 1 is 0.613 bits per heavy atom. The number of nitrogens with two attached hydrogens (primary N) is 1. The minimum Gasteiger partial charge on any atom is -0.482 e. The molecule has 512 valence electrons. The summed E-state index contributed by atoms with van der Waals surface area (Å²) in [6.07, 6.45) is 2.48. The summed E-state index contributed by atoms with van der Waals surface area (Å²) in [4.78, 5) is 82.1. The Morgan fingerprint density at radius 3 is 1.44 bits per heavy atom. The number of hydrogen-bond donors (Lipinski definition) is 4. The molecule has 4 amide bonds. The average Bonchev–Trinajstić information content (AvgIpc) is 1.25. The van der Waals surface area contributed by atoms with Crippen molar-refractivity contribution in [3.63, 3.8) is 0 Å². The molecule has 4 aliphatic rings. The first-order valence-corrected chi connectivity index (χ1v) is 31.1. The molecule has 32 heteroatoms. The fraction of sp³-hybridized carbons (Fsp3) is 0.361. The zero-order valence-corrected chi connectivity index (χ0v) is 61.2. The minimum absolute atomic E-state index is 0. The summed E-state index contributed by atoms with van der Waals surface area (Å²) in [5.41, 5.74) is 10.5. The maximum atomic E-state index is 12.1. The Bertz CT molecular complexity index is 3400. The van der Waals surface area contributed by atoms with E-state index in [-0.39, 0.29) is 126 Å². The van der Waals surface area contributed by atoms with Crippen molar-refractivity contribution in [3.05, 3.63) is 151 Å². The number of alkyl halides is 1. The van der Waals surface area contributed by atoms with Crippen LogP contribution in [-0.2, 0) is 46.0 Å². The molecule has 93 heavy (non-hydrogen) atoms. The number of non-ortho nitro benzene ring substituents is 2. The average molecular weight is 1590 g/mol. The van der Waals surface area contributed by atoms with Crippen LogP contribution >= 0.6 is 82.4 Å². The summed E-state index contributed by atoms with van der Waals surface area (Å²) in [7, 11) is 15.8. The maximum absolute atomic E-state index is 12.1. The molecule has 0 atom stereocenters. The second-order valence-electron chi connectivity index (χ2n) is 20.8. The number of rotatable bonds is 17. The van der Waals surface area contributed by atoms with E-state index in [4.69, 9.17) is 47.1 Å². The third kappa shape index (κ3) is 27.4. The van der Waals surface area contributed by atoms with Crippen molar-refractivity contribution in [2.45, 2.75) is 6.42 Å². The molecule has 0 spiro atoms. The Hall–Kier alpha value is -6.54. The van der Waals surface area contributed by atoms with Crippen molar-refractivity contribution in [2.75, 3.05) is 167 Å². The van der Waals surface area contributed by atoms with Gasteiger partial charge in [0.1, 0.15) is 22.3 Å². The van der Waals surface area contributed by atoms with Gasteiger partial charge < -0.3 is 77.1 Å². The molecule has 4 aromatic carbocycles. The van der Waals surface area contributed by atoms with Crippen LogP contribution < -0.4 is 44.7 Å². The van der Waals surface area contributed by atoms with E-state index in [2.05, 4.69) is 10.2 Å². The van der Waals surface area contributed by atoms with Gasteiger partial charge in [-0.15, -0.1) is 82.4 Å². The van der Waals surface area contributed by atoms with Crippen molar-refractivity contribution >= 4 is 157 Å². The summed E-state index contributed by atoms with van der Waals surface area (Å²) >= 11 is 10.0. The number of hydrogen-bond acceptors (Lipinski definition) is 22. The number of carbonyl (C=O) groups excluding carboxylic acids is 4. The zero-order valence-electron chi connectivity index (χ0n) is 53.3. The Morgan fingerprint density at radius 2 is 1.02 bits per heavy atom. The number of thiophene rings is 2. The van der Waals surface area contributed by atoms with Gasteiger partial charge in [-0.2, -0.15) is 0 Å². The van der Waals surface area contributed by atoms with E-state index in [0.29, 0.717) is 77.7 Å². The van der Waals surface area contributed by atoms with Crippen LogP contribution in [0, 0.1) is 38.5 Å². The standard InChI is InChI=1S/C18H21N3O2S.C12H15N3O4.C12H17N3O2.C8H6N2O4.C6H7NS2.C4H10ClN.CH3.ClH.HI.Pd/c1-20(2)7-8-21-15-6-5-13(11-16(15)23-12-18(21)22)10-14(19)17-4-3-9-24-17;1-13(2)5-6-14-10-4-3-9(15(17)18)7-11(10)19-8-12(14)16;1-14(2)5-6-15-10-4-3-9(13)7-11(10)17-8-12(15)16;11-8-4-14-7-3-5(10(12)13)1-2-6(7)9-8;1-8-6(7)5-3-2-4-9-5;1-6(2)4-3-5;;;;/h3-6,9,11,19H,7-8,10,12H2,1-2H3;3-4,7H,5-6,8H2,1-2H3;3-4,7H,5-6,8,13H2,1-2H3;1-3H,4H2,(H,9,11);2-4,7H,1H3;3-4H2,1-2H3;1H3;2*1H;/q;;;;;;-1;;;. The molecule has 10 rings (SSSR count). The van der Waals surface area contributed by atoms with Crippen LogP contribution in [0.2, 0.25) is 0 Å². The molecule has 6 aromatic rings. The molecule has 0 fully saturated rings. The van der Waals surface area contributed by atoms with Crippen LogP contribution in [0.15, 0.2) is 108 Å². The van der Waals surface area contributed by atoms with Crippen molar-refractivity contribution in [1.29, 1.82) is 10.8 Å². The van der Waals surface area contributed by atoms with Crippen LogP contribution in [0.4, 0.5) is 39.8 Å². The molecule has 25 nitrogen and oxygen atoms in total. The summed E-state index contributed by atoms with van der Waals surface area (Å²) in [6, 6.07) is 27.4. The molecule has 0 bridgehead atoms. The van der Waals surface area contributed by atoms with E-state index in [1.54, 1.807) is 55.6 Å². The van der Waals surface area contributed by atoms with Crippen LogP contribution in [0.5, 0.6) is 23.0 Å². The van der Waals surface area contributed by atoms with Gasteiger partial charge in [-0.1, -0.05) is 18.2 Å². The van der Waals surface area contributed by atoms with Crippen molar-refractivity contribution in [1.82, 2.24) is 19.6 Å². The van der Waals surface area contributed by atoms with Crippen molar-refractivity contribution in [3.8, 4) is 23.0 Å². The van der Waals surface area contributed by atoms with Gasteiger partial charge in [0, 0.05) is 107 Å². The number of benzene rings is 4. The number of thioether (sulfide) groups is 1. The molecule has 5 N–H and O–H groups in total. The smallest absolute Gasteiger partial charge is 0.273 e. The first kappa shape index (κ1) is 84.5. The SMILES string of the molecule is CN(C)CCCl.CN(C)CCN1C(=O)COc2cc(CC(=N)c3cccs3)ccc21.CN(C)CCN1C(=O)COc2cc(N)ccc21.CN(C)CCN1C(=O)COc2cc([N+](=O)[O-])ccc21.CSC(=N)c1cccs1.Cl.I.O=C1COc2cc([N+](=O)[O-])ccc2N1.[CH3-].[Pd]. The van der Waals surface area contributed by atoms with Gasteiger partial charge in [0.2, 0.25) is 0 Å². The largest absolute Gasteiger partial charge is 0.482 e. The number of ether oxygens (including phenoxy) is 4. The number of anilines is 5. The monoisotopic (exact) mass is 1590 g/mol. The molecule has 6 heterocycles. The second-order valence-corrected chi connectivity index (χ2v) is 23.9. The van der Waals surface area contributed by atoms with Gasteiger partial charge in [0.05, 0.1) is 55.3 Å². The van der Waals surface area contributed by atoms with E-state index in [1.165, 1.54) is 42.1 Å². The number of carbonyl (C=O) groups is 4. The van der Waals surface area contributed by atoms with E-state index in [9.17, 15) is 39.4 Å². The molecular formula is C61H81Cl2IN13O12PdS3-. The quantitative estimate of drug-likeness (QED) is 0.00760. The number of nitro benzene ring substituents is 2. The third-order valence-electron chi connectivity index (χ3n) is 12.8. The number of nitrogens with zero attached hydrogens (tertiary/aromatic N) is 9. The number of nitrogen functional groups attached to an aromatic ring is 1. The normalized spacial score (nSPS) is 12.8. The Labute approximate surface area is 597 Å². The first-order chi connectivity index (χ1) is 42.4. The van der Waals surface area contributed by atoms with Crippen LogP contribution in [0.3, 0.4) is 0 Å². The van der Waals surface area contributed by atoms with Gasteiger partial charge in [0.15, 0.2) is 32.2 Å². The van der Waals surface area contributed by atoms with E-state index in [1.807, 2.05) is 137 Å². The topological polar surface area (TPSA) is 300 Å². The van der Waals surface area contributed by atoms with Crippen molar-refractivity contribution < 1.29 is 68.4 Å². The Kier molecular flexibility index (Phi) is 38.8. The van der Waals surface area contributed by atoms with E-state index >= 15 is 0 Å². The Balaban J connectivity index is 0.000000576. The van der Waals surface area contributed by atoms with Crippen LogP contribution in [-0.4, -0.2) is 205 Å². The van der Waals surface area contributed by atoms with Gasteiger partial charge in [0.25, 0.3) is 35.0 Å². The molecule has 0 saturated heterocycles. The van der Waals surface area contributed by atoms with E-state index in [0.717, 1.165) is 58.0 Å². The fourth-order valence-corrected chi connectivity index (χ4v) is 10.4. The van der Waals surface area contributed by atoms with Gasteiger partial charge in [-0.05, 0) is 127 Å². The summed E-state index contributed by atoms with van der Waals surface area (Å²) < 4.78 is 21.2. The molecule has 0 saturated carbocycles. The predicted octanol–water partition coefficient (Wildman–Crippen LogP) is 9.72. The van der Waals surface area contributed by atoms with Gasteiger partial charge >= 0.3 is 0 Å². The van der Waals surface area contributed by atoms with Crippen molar-refractivity contribution in [2.24, 2.45) is 0 Å². The fourth-order valence-electron chi connectivity index (χ4n) is 8.12. The third-order valence-corrected chi connectivity index (χ3v) is 15.5. The number of likely N-dealkylation sites (N-methyl/N-ethyl adjacent to an activating group) is 3. The maximum Gasteiger partial charge on any atom is 0.273 e. The zero-order chi connectivity index (χ0) is 65.3. The molecule has 2 aromatic heterocycles. The number of fused-ring (bicyclic) bond motifs is 4. The van der Waals surface area contributed by atoms with Gasteiger partial charge in [-0.3, -0.25) is 44.8 Å². The number of amides is 4. The first-order valence-electron chi connectivity index (χ1n) is 27.6. The summed E-state index contributed by atoms with van der Waals surface area (Å²) in [5, 5.41) is 43.9. The summed E-state index contributed by atoms with van der Waals surface area (Å²) in [5.74, 6) is 2.44. The second kappa shape index (κ2) is 42.7. The molecule has 4 aliphatic heterocycles. The predicted molar refractivity (Wildman–Crippen MR) is 385 cm³/mol. The van der Waals surface area contributed by atoms with Crippen LogP contribution in [0.25, 0.3) is 0 Å². The summed E-state index contributed by atoms with van der Waals surface area (Å²) in [6.45, 7) is 5.11. The number of nitrogens with one attached hydrogen (secondary N) is 3. The molecule has 0 unspecified atom stereocenters. The molecule has 0 aliphatic carbocycles.